The average Bonchev–Trinajstić information content (AvgIpc) is 2.35. The van der Waals surface area contributed by atoms with Gasteiger partial charge in [0.1, 0.15) is 5.82 Å². The second kappa shape index (κ2) is 5.81. The van der Waals surface area contributed by atoms with E-state index in [1.165, 1.54) is 12.1 Å². The Morgan fingerprint density at radius 2 is 1.84 bits per heavy atom. The van der Waals surface area contributed by atoms with Crippen LogP contribution in [-0.4, -0.2) is 0 Å². The van der Waals surface area contributed by atoms with Crippen molar-refractivity contribution >= 4 is 28.9 Å². The first-order valence-corrected chi connectivity index (χ1v) is 6.70. The minimum atomic E-state index is -0.239. The molecule has 0 radical (unpaired) electrons. The van der Waals surface area contributed by atoms with Crippen LogP contribution in [0.2, 0.25) is 10.0 Å². The van der Waals surface area contributed by atoms with E-state index in [1.807, 2.05) is 19.9 Å². The zero-order valence-electron chi connectivity index (χ0n) is 10.7. The van der Waals surface area contributed by atoms with Crippen molar-refractivity contribution in [1.82, 2.24) is 0 Å². The Morgan fingerprint density at radius 1 is 1.11 bits per heavy atom. The molecule has 0 amide bonds. The Bertz CT molecular complexity index is 599. The van der Waals surface area contributed by atoms with Crippen LogP contribution in [0.1, 0.15) is 24.1 Å². The molecule has 100 valence electrons. The number of aryl methyl sites for hydroxylation is 1. The van der Waals surface area contributed by atoms with Gasteiger partial charge in [-0.3, -0.25) is 0 Å². The van der Waals surface area contributed by atoms with Gasteiger partial charge in [-0.25, -0.2) is 4.39 Å². The van der Waals surface area contributed by atoms with Crippen LogP contribution in [-0.2, 0) is 0 Å². The van der Waals surface area contributed by atoms with E-state index in [4.69, 9.17) is 23.2 Å². The number of nitrogens with one attached hydrogen (secondary N) is 1. The topological polar surface area (TPSA) is 12.0 Å². The summed E-state index contributed by atoms with van der Waals surface area (Å²) in [6.07, 6.45) is 0. The van der Waals surface area contributed by atoms with Gasteiger partial charge in [-0.2, -0.15) is 0 Å². The highest BCUT2D eigenvalue weighted by molar-refractivity contribution is 6.33. The lowest BCUT2D eigenvalue weighted by Gasteiger charge is -2.19. The summed E-state index contributed by atoms with van der Waals surface area (Å²) in [4.78, 5) is 0. The second-order valence-corrected chi connectivity index (χ2v) is 5.33. The molecule has 1 atom stereocenters. The Morgan fingerprint density at radius 3 is 2.53 bits per heavy atom. The lowest BCUT2D eigenvalue weighted by Crippen LogP contribution is -2.08. The molecule has 0 aliphatic rings. The minimum Gasteiger partial charge on any atom is -0.378 e. The molecule has 0 bridgehead atoms. The summed E-state index contributed by atoms with van der Waals surface area (Å²) in [5, 5.41) is 4.61. The standard InChI is InChI=1S/C15H14Cl2FN/c1-9-7-12(18)4-6-15(9)19-10(2)13-8-11(16)3-5-14(13)17/h3-8,10,19H,1-2H3. The molecule has 2 aromatic carbocycles. The van der Waals surface area contributed by atoms with Crippen LogP contribution in [0.3, 0.4) is 0 Å². The Hall–Kier alpha value is -1.25. The first-order valence-electron chi connectivity index (χ1n) is 5.95. The summed E-state index contributed by atoms with van der Waals surface area (Å²) in [6.45, 7) is 3.85. The molecule has 1 unspecified atom stereocenters. The van der Waals surface area contributed by atoms with E-state index in [2.05, 4.69) is 5.32 Å². The predicted molar refractivity (Wildman–Crippen MR) is 79.6 cm³/mol. The van der Waals surface area contributed by atoms with Gasteiger partial charge in [0.2, 0.25) is 0 Å². The molecule has 0 aromatic heterocycles. The number of anilines is 1. The molecule has 2 rings (SSSR count). The molecule has 0 fully saturated rings. The van der Waals surface area contributed by atoms with Crippen LogP contribution in [0.15, 0.2) is 36.4 Å². The van der Waals surface area contributed by atoms with E-state index >= 15 is 0 Å². The van der Waals surface area contributed by atoms with Crippen LogP contribution in [0, 0.1) is 12.7 Å². The van der Waals surface area contributed by atoms with Crippen molar-refractivity contribution in [1.29, 1.82) is 0 Å². The number of halogens is 3. The van der Waals surface area contributed by atoms with Crippen molar-refractivity contribution < 1.29 is 4.39 Å². The Kier molecular flexibility index (Phi) is 4.33. The molecule has 2 aromatic rings. The Labute approximate surface area is 122 Å². The summed E-state index contributed by atoms with van der Waals surface area (Å²) in [5.74, 6) is -0.239. The molecule has 1 nitrogen and oxygen atoms in total. The summed E-state index contributed by atoms with van der Waals surface area (Å²) >= 11 is 12.1. The van der Waals surface area contributed by atoms with Gasteiger partial charge in [-0.1, -0.05) is 23.2 Å². The van der Waals surface area contributed by atoms with Crippen molar-refractivity contribution in [2.75, 3.05) is 5.32 Å². The largest absolute Gasteiger partial charge is 0.378 e. The molecule has 4 heteroatoms. The van der Waals surface area contributed by atoms with Crippen LogP contribution in [0.5, 0.6) is 0 Å². The van der Waals surface area contributed by atoms with Crippen LogP contribution >= 0.6 is 23.2 Å². The minimum absolute atomic E-state index is 0.0182. The van der Waals surface area contributed by atoms with Crippen LogP contribution < -0.4 is 5.32 Å². The number of hydrogen-bond donors (Lipinski definition) is 1. The first kappa shape index (κ1) is 14.2. The van der Waals surface area contributed by atoms with E-state index in [0.29, 0.717) is 10.0 Å². The third-order valence-corrected chi connectivity index (χ3v) is 3.56. The van der Waals surface area contributed by atoms with Crippen LogP contribution in [0.4, 0.5) is 10.1 Å². The van der Waals surface area contributed by atoms with Crippen molar-refractivity contribution in [3.63, 3.8) is 0 Å². The van der Waals surface area contributed by atoms with Crippen molar-refractivity contribution in [2.24, 2.45) is 0 Å². The molecule has 0 aliphatic heterocycles. The molecular formula is C15H14Cl2FN. The van der Waals surface area contributed by atoms with E-state index in [9.17, 15) is 4.39 Å². The van der Waals surface area contributed by atoms with Crippen molar-refractivity contribution in [3.8, 4) is 0 Å². The molecule has 0 heterocycles. The summed E-state index contributed by atoms with van der Waals surface area (Å²) in [5.41, 5.74) is 2.65. The first-order chi connectivity index (χ1) is 8.97. The zero-order valence-corrected chi connectivity index (χ0v) is 12.2. The molecule has 0 saturated heterocycles. The highest BCUT2D eigenvalue weighted by Crippen LogP contribution is 2.29. The molecule has 0 aliphatic carbocycles. The van der Waals surface area contributed by atoms with Crippen molar-refractivity contribution in [2.45, 2.75) is 19.9 Å². The van der Waals surface area contributed by atoms with Gasteiger partial charge in [0, 0.05) is 15.7 Å². The van der Waals surface area contributed by atoms with Crippen LogP contribution in [0.25, 0.3) is 0 Å². The highest BCUT2D eigenvalue weighted by atomic mass is 35.5. The van der Waals surface area contributed by atoms with Gasteiger partial charge < -0.3 is 5.32 Å². The maximum absolute atomic E-state index is 13.1. The third kappa shape index (κ3) is 3.40. The fraction of sp³-hybridized carbons (Fsp3) is 0.200. The predicted octanol–water partition coefficient (Wildman–Crippen LogP) is 5.61. The van der Waals surface area contributed by atoms with Gasteiger partial charge in [-0.05, 0) is 61.4 Å². The second-order valence-electron chi connectivity index (χ2n) is 4.49. The van der Waals surface area contributed by atoms with Gasteiger partial charge in [0.15, 0.2) is 0 Å². The number of hydrogen-bond acceptors (Lipinski definition) is 1. The quantitative estimate of drug-likeness (QED) is 0.776. The van der Waals surface area contributed by atoms with E-state index in [1.54, 1.807) is 18.2 Å². The third-order valence-electron chi connectivity index (χ3n) is 2.99. The lowest BCUT2D eigenvalue weighted by molar-refractivity contribution is 0.626. The summed E-state index contributed by atoms with van der Waals surface area (Å²) in [6, 6.07) is 9.99. The number of benzene rings is 2. The lowest BCUT2D eigenvalue weighted by atomic mass is 10.1. The van der Waals surface area contributed by atoms with E-state index in [0.717, 1.165) is 16.8 Å². The maximum Gasteiger partial charge on any atom is 0.123 e. The SMILES string of the molecule is Cc1cc(F)ccc1NC(C)c1cc(Cl)ccc1Cl. The maximum atomic E-state index is 13.1. The van der Waals surface area contributed by atoms with Gasteiger partial charge in [0.05, 0.1) is 6.04 Å². The van der Waals surface area contributed by atoms with Gasteiger partial charge in [-0.15, -0.1) is 0 Å². The van der Waals surface area contributed by atoms with E-state index < -0.39 is 0 Å². The average molecular weight is 298 g/mol. The molecule has 0 spiro atoms. The fourth-order valence-corrected chi connectivity index (χ4v) is 2.41. The van der Waals surface area contributed by atoms with E-state index in [-0.39, 0.29) is 11.9 Å². The van der Waals surface area contributed by atoms with Gasteiger partial charge in [0.25, 0.3) is 0 Å². The molecule has 1 N–H and O–H groups in total. The molecular weight excluding hydrogens is 284 g/mol. The Balaban J connectivity index is 2.25. The summed E-state index contributed by atoms with van der Waals surface area (Å²) in [7, 11) is 0. The zero-order chi connectivity index (χ0) is 14.0. The van der Waals surface area contributed by atoms with Crippen molar-refractivity contribution in [3.05, 3.63) is 63.4 Å². The fourth-order valence-electron chi connectivity index (χ4n) is 1.95. The molecule has 19 heavy (non-hydrogen) atoms. The summed E-state index contributed by atoms with van der Waals surface area (Å²) < 4.78 is 13.1. The highest BCUT2D eigenvalue weighted by Gasteiger charge is 2.11. The normalized spacial score (nSPS) is 12.3. The smallest absolute Gasteiger partial charge is 0.123 e. The monoisotopic (exact) mass is 297 g/mol. The number of rotatable bonds is 3. The van der Waals surface area contributed by atoms with Gasteiger partial charge >= 0.3 is 0 Å². The molecule has 0 saturated carbocycles.